The van der Waals surface area contributed by atoms with Crippen LogP contribution in [-0.4, -0.2) is 20.2 Å². The van der Waals surface area contributed by atoms with Crippen LogP contribution in [-0.2, 0) is 9.22 Å². The minimum absolute atomic E-state index is 0.00222. The highest BCUT2D eigenvalue weighted by atomic mass is 28.4. The van der Waals surface area contributed by atoms with Gasteiger partial charge in [-0.25, -0.2) is 0 Å². The number of fused-ring (bicyclic) bond motifs is 5. The van der Waals surface area contributed by atoms with Crippen molar-refractivity contribution < 1.29 is 9.22 Å². The Labute approximate surface area is 174 Å². The minimum Gasteiger partial charge on any atom is -0.414 e. The Morgan fingerprint density at radius 2 is 1.64 bits per heavy atom. The number of ketones is 1. The summed E-state index contributed by atoms with van der Waals surface area (Å²) in [5.41, 5.74) is 2.08. The lowest BCUT2D eigenvalue weighted by Gasteiger charge is -2.57. The summed E-state index contributed by atoms with van der Waals surface area (Å²) < 4.78 is 6.91. The second-order valence-corrected chi connectivity index (χ2v) is 15.6. The molecule has 0 aliphatic heterocycles. The van der Waals surface area contributed by atoms with Gasteiger partial charge in [0.2, 0.25) is 0 Å². The lowest BCUT2D eigenvalue weighted by atomic mass is 9.48. The predicted molar refractivity (Wildman–Crippen MR) is 119 cm³/mol. The first kappa shape index (κ1) is 20.8. The quantitative estimate of drug-likeness (QED) is 0.369. The van der Waals surface area contributed by atoms with Gasteiger partial charge in [-0.05, 0) is 86.2 Å². The molecule has 4 aliphatic carbocycles. The molecule has 0 aromatic carbocycles. The van der Waals surface area contributed by atoms with Gasteiger partial charge in [0.1, 0.15) is 5.78 Å². The zero-order valence-corrected chi connectivity index (χ0v) is 20.0. The molecule has 0 aromatic heterocycles. The van der Waals surface area contributed by atoms with Gasteiger partial charge in [0, 0.05) is 17.9 Å². The van der Waals surface area contributed by atoms with E-state index in [4.69, 9.17) is 4.43 Å². The molecule has 6 atom stereocenters. The highest BCUT2D eigenvalue weighted by Crippen LogP contribution is 2.64. The van der Waals surface area contributed by atoms with Crippen LogP contribution in [0.4, 0.5) is 0 Å². The van der Waals surface area contributed by atoms with E-state index in [1.165, 1.54) is 50.2 Å². The maximum absolute atomic E-state index is 12.6. The molecular weight excluding hydrogens is 360 g/mol. The van der Waals surface area contributed by atoms with Gasteiger partial charge < -0.3 is 4.43 Å². The fourth-order valence-corrected chi connectivity index (χ4v) is 10.8. The molecule has 4 rings (SSSR count). The van der Waals surface area contributed by atoms with Crippen molar-refractivity contribution in [3.05, 3.63) is 11.6 Å². The number of carbonyl (C=O) groups excluding carboxylic acids is 1. The van der Waals surface area contributed by atoms with Crippen molar-refractivity contribution in [1.29, 1.82) is 0 Å². The number of Topliss-reactive ketones (excluding diaryl/α,β-unsaturated/α-hetero) is 1. The van der Waals surface area contributed by atoms with E-state index in [0.29, 0.717) is 23.2 Å². The van der Waals surface area contributed by atoms with Crippen LogP contribution in [0.2, 0.25) is 18.1 Å². The van der Waals surface area contributed by atoms with E-state index in [-0.39, 0.29) is 5.41 Å². The molecule has 158 valence electrons. The van der Waals surface area contributed by atoms with Crippen molar-refractivity contribution >= 4 is 14.1 Å². The summed E-state index contributed by atoms with van der Waals surface area (Å²) in [6.45, 7) is 11.9. The van der Waals surface area contributed by atoms with E-state index in [1.54, 1.807) is 5.57 Å². The highest BCUT2D eigenvalue weighted by molar-refractivity contribution is 6.73. The first-order valence-electron chi connectivity index (χ1n) is 12.2. The molecule has 0 amide bonds. The zero-order chi connectivity index (χ0) is 20.2. The largest absolute Gasteiger partial charge is 0.414 e. The summed E-state index contributed by atoms with van der Waals surface area (Å²) in [6, 6.07) is 3.77. The Bertz CT molecular complexity index is 643. The van der Waals surface area contributed by atoms with E-state index in [9.17, 15) is 4.79 Å². The van der Waals surface area contributed by atoms with Gasteiger partial charge in [-0.2, -0.15) is 0 Å². The molecule has 0 heterocycles. The van der Waals surface area contributed by atoms with Crippen LogP contribution in [0.1, 0.15) is 86.0 Å². The van der Waals surface area contributed by atoms with Crippen LogP contribution in [0.25, 0.3) is 0 Å². The molecule has 1 unspecified atom stereocenters. The molecule has 3 saturated carbocycles. The minimum atomic E-state index is -1.52. The van der Waals surface area contributed by atoms with E-state index in [2.05, 4.69) is 40.7 Å². The first-order chi connectivity index (χ1) is 13.3. The highest BCUT2D eigenvalue weighted by Gasteiger charge is 2.58. The third-order valence-electron chi connectivity index (χ3n) is 10.1. The Morgan fingerprint density at radius 3 is 2.32 bits per heavy atom. The normalized spacial score (nSPS) is 43.2. The summed E-state index contributed by atoms with van der Waals surface area (Å²) >= 11 is 0. The second-order valence-electron chi connectivity index (χ2n) is 10.9. The molecule has 0 bridgehead atoms. The lowest BCUT2D eigenvalue weighted by Crippen LogP contribution is -2.51. The smallest absolute Gasteiger partial charge is 0.192 e. The Kier molecular flexibility index (Phi) is 5.49. The molecule has 0 saturated heterocycles. The third kappa shape index (κ3) is 3.02. The molecule has 2 nitrogen and oxygen atoms in total. The van der Waals surface area contributed by atoms with E-state index >= 15 is 0 Å². The van der Waals surface area contributed by atoms with Gasteiger partial charge in [-0.3, -0.25) is 4.79 Å². The number of carbonyl (C=O) groups is 1. The van der Waals surface area contributed by atoms with Crippen LogP contribution in [0.15, 0.2) is 11.6 Å². The summed E-state index contributed by atoms with van der Waals surface area (Å²) in [4.78, 5) is 12.6. The van der Waals surface area contributed by atoms with E-state index in [1.807, 2.05) is 0 Å². The average molecular weight is 403 g/mol. The van der Waals surface area contributed by atoms with Crippen LogP contribution in [0.3, 0.4) is 0 Å². The van der Waals surface area contributed by atoms with Crippen molar-refractivity contribution in [1.82, 2.24) is 0 Å². The summed E-state index contributed by atoms with van der Waals surface area (Å²) in [7, 11) is -1.52. The molecule has 4 aliphatic rings. The number of hydrogen-bond acceptors (Lipinski definition) is 2. The number of allylic oxidation sites excluding steroid dienone is 1. The van der Waals surface area contributed by atoms with Crippen LogP contribution >= 0.6 is 0 Å². The van der Waals surface area contributed by atoms with Crippen molar-refractivity contribution in [2.24, 2.45) is 28.6 Å². The average Bonchev–Trinajstić information content (AvgIpc) is 3.01. The van der Waals surface area contributed by atoms with Crippen molar-refractivity contribution in [2.75, 3.05) is 0 Å². The fraction of sp³-hybridized carbons (Fsp3) is 0.880. The Hall–Kier alpha value is -0.413. The first-order valence-corrected chi connectivity index (χ1v) is 14.8. The summed E-state index contributed by atoms with van der Waals surface area (Å²) in [6.07, 6.45) is 12.4. The van der Waals surface area contributed by atoms with Gasteiger partial charge in [0.25, 0.3) is 0 Å². The fourth-order valence-electron chi connectivity index (χ4n) is 7.85. The van der Waals surface area contributed by atoms with Gasteiger partial charge in [0.15, 0.2) is 8.32 Å². The standard InChI is InChI=1S/C25H42O2Si/c1-6-28(7-2,8-3)27-19-13-15-24(4)18(17-19)9-10-20-21-11-12-23(26)25(21,5)16-14-22(20)24/h9,19-22H,6-8,10-17H2,1-5H3/t19?,20-,21-,22-,24-,25-/m0/s1. The van der Waals surface area contributed by atoms with Gasteiger partial charge in [-0.1, -0.05) is 46.3 Å². The molecule has 3 fully saturated rings. The Balaban J connectivity index is 1.53. The topological polar surface area (TPSA) is 26.3 Å². The molecule has 28 heavy (non-hydrogen) atoms. The second kappa shape index (κ2) is 7.37. The lowest BCUT2D eigenvalue weighted by molar-refractivity contribution is -0.131. The summed E-state index contributed by atoms with van der Waals surface area (Å²) in [5.74, 6) is 2.74. The molecular formula is C25H42O2Si. The molecule has 0 N–H and O–H groups in total. The van der Waals surface area contributed by atoms with E-state index in [0.717, 1.165) is 31.1 Å². The maximum Gasteiger partial charge on any atom is 0.192 e. The van der Waals surface area contributed by atoms with Crippen molar-refractivity contribution in [2.45, 2.75) is 110 Å². The number of rotatable bonds is 5. The van der Waals surface area contributed by atoms with Gasteiger partial charge in [0.05, 0.1) is 0 Å². The van der Waals surface area contributed by atoms with Gasteiger partial charge in [-0.15, -0.1) is 0 Å². The molecule has 0 radical (unpaired) electrons. The maximum atomic E-state index is 12.6. The molecule has 3 heteroatoms. The molecule has 0 spiro atoms. The van der Waals surface area contributed by atoms with Crippen molar-refractivity contribution in [3.8, 4) is 0 Å². The Morgan fingerprint density at radius 1 is 1.00 bits per heavy atom. The SMILES string of the molecule is CC[Si](CC)(CC)OC1CC[C@@]2(C)C(=CC[C@@H]3[C@@H]2CC[C@]2(C)C(=O)CC[C@@H]32)C1. The third-order valence-corrected chi connectivity index (χ3v) is 14.8. The zero-order valence-electron chi connectivity index (χ0n) is 19.0. The van der Waals surface area contributed by atoms with Crippen LogP contribution in [0, 0.1) is 28.6 Å². The molecule has 0 aromatic rings. The monoisotopic (exact) mass is 402 g/mol. The van der Waals surface area contributed by atoms with Crippen LogP contribution in [0.5, 0.6) is 0 Å². The van der Waals surface area contributed by atoms with E-state index < -0.39 is 8.32 Å². The summed E-state index contributed by atoms with van der Waals surface area (Å²) in [5, 5.41) is 0. The number of hydrogen-bond donors (Lipinski definition) is 0. The predicted octanol–water partition coefficient (Wildman–Crippen LogP) is 6.91. The van der Waals surface area contributed by atoms with Crippen molar-refractivity contribution in [3.63, 3.8) is 0 Å². The van der Waals surface area contributed by atoms with Gasteiger partial charge >= 0.3 is 0 Å². The van der Waals surface area contributed by atoms with Crippen LogP contribution < -0.4 is 0 Å².